The number of thiophene rings is 4. The van der Waals surface area contributed by atoms with E-state index in [1.807, 2.05) is 34.8 Å². The Morgan fingerprint density at radius 1 is 0.444 bits per heavy atom. The molecule has 0 spiro atoms. The van der Waals surface area contributed by atoms with E-state index in [9.17, 15) is 8.42 Å². The van der Waals surface area contributed by atoms with Crippen LogP contribution in [0.15, 0.2) is 46.2 Å². The predicted molar refractivity (Wildman–Crippen MR) is 202 cm³/mol. The molecule has 0 radical (unpaired) electrons. The molecule has 246 valence electrons. The molecule has 0 atom stereocenters. The van der Waals surface area contributed by atoms with Crippen LogP contribution < -0.4 is 0 Å². The van der Waals surface area contributed by atoms with Crippen LogP contribution in [0.1, 0.15) is 139 Å². The van der Waals surface area contributed by atoms with Crippen LogP contribution in [0.3, 0.4) is 0 Å². The van der Waals surface area contributed by atoms with E-state index in [4.69, 9.17) is 0 Å². The van der Waals surface area contributed by atoms with Crippen molar-refractivity contribution in [3.63, 3.8) is 0 Å². The summed E-state index contributed by atoms with van der Waals surface area (Å²) in [5.41, 5.74) is 0. The number of unbranched alkanes of at least 4 members (excludes halogenated alkanes) is 16. The average molecular weight is 701 g/mol. The number of fused-ring (bicyclic) bond motifs is 3. The summed E-state index contributed by atoms with van der Waals surface area (Å²) in [4.78, 5) is 10.3. The Kier molecular flexibility index (Phi) is 13.9. The highest BCUT2D eigenvalue weighted by Gasteiger charge is 2.38. The molecule has 0 aromatic carbocycles. The maximum Gasteiger partial charge on any atom is 0.209 e. The standard InChI is InChI=1S/C38H52O2S5/c1-3-5-7-9-11-13-15-17-19-21-29-23-25-31(41-29)33-27-35-37(43-33)38-36(45(35,39)40)28-34(44-38)32-26-24-30(42-32)22-20-18-16-14-12-10-8-6-4-2/h23-28H,3-22H2,1-2H3. The maximum absolute atomic E-state index is 13.6. The summed E-state index contributed by atoms with van der Waals surface area (Å²) >= 11 is 7.00. The Hall–Kier alpha value is -1.25. The minimum absolute atomic E-state index is 0.515. The Balaban J connectivity index is 1.12. The molecule has 1 aliphatic rings. The van der Waals surface area contributed by atoms with E-state index in [2.05, 4.69) is 38.1 Å². The summed E-state index contributed by atoms with van der Waals surface area (Å²) in [6.07, 6.45) is 26.5. The van der Waals surface area contributed by atoms with Gasteiger partial charge in [0.1, 0.15) is 0 Å². The Labute approximate surface area is 289 Å². The van der Waals surface area contributed by atoms with Gasteiger partial charge < -0.3 is 0 Å². The van der Waals surface area contributed by atoms with E-state index in [1.165, 1.54) is 135 Å². The van der Waals surface area contributed by atoms with Crippen LogP contribution in [0.25, 0.3) is 29.3 Å². The van der Waals surface area contributed by atoms with Gasteiger partial charge in [-0.25, -0.2) is 8.42 Å². The van der Waals surface area contributed by atoms with Crippen molar-refractivity contribution < 1.29 is 8.42 Å². The lowest BCUT2D eigenvalue weighted by atomic mass is 10.1. The number of rotatable bonds is 22. The molecule has 5 rings (SSSR count). The zero-order valence-electron chi connectivity index (χ0n) is 27.5. The molecular weight excluding hydrogens is 649 g/mol. The van der Waals surface area contributed by atoms with Crippen LogP contribution in [0.4, 0.5) is 0 Å². The molecule has 4 aromatic rings. The third-order valence-corrected chi connectivity index (χ3v) is 16.2. The molecule has 0 unspecified atom stereocenters. The first-order valence-corrected chi connectivity index (χ1v) is 22.5. The van der Waals surface area contributed by atoms with Crippen LogP contribution in [0.5, 0.6) is 0 Å². The average Bonchev–Trinajstić information content (AvgIpc) is 3.85. The van der Waals surface area contributed by atoms with E-state index in [0.29, 0.717) is 9.79 Å². The van der Waals surface area contributed by atoms with Gasteiger partial charge in [-0.1, -0.05) is 117 Å². The summed E-state index contributed by atoms with van der Waals surface area (Å²) in [6, 6.07) is 12.8. The molecule has 0 saturated heterocycles. The smallest absolute Gasteiger partial charge is 0.209 e. The van der Waals surface area contributed by atoms with Gasteiger partial charge in [-0.2, -0.15) is 0 Å². The van der Waals surface area contributed by atoms with Gasteiger partial charge >= 0.3 is 0 Å². The first-order chi connectivity index (χ1) is 22.0. The van der Waals surface area contributed by atoms with Gasteiger partial charge in [0.05, 0.1) is 19.5 Å². The third-order valence-electron chi connectivity index (χ3n) is 9.04. The molecule has 2 nitrogen and oxygen atoms in total. The summed E-state index contributed by atoms with van der Waals surface area (Å²) in [7, 11) is -3.46. The lowest BCUT2D eigenvalue weighted by Crippen LogP contribution is -1.94. The molecule has 0 aliphatic carbocycles. The molecule has 0 saturated carbocycles. The minimum Gasteiger partial charge on any atom is -0.218 e. The van der Waals surface area contributed by atoms with Crippen molar-refractivity contribution in [3.05, 3.63) is 46.2 Å². The first-order valence-electron chi connectivity index (χ1n) is 17.7. The molecule has 0 bridgehead atoms. The van der Waals surface area contributed by atoms with Crippen molar-refractivity contribution in [2.45, 2.75) is 152 Å². The Morgan fingerprint density at radius 3 is 1.18 bits per heavy atom. The van der Waals surface area contributed by atoms with Gasteiger partial charge in [-0.3, -0.25) is 0 Å². The normalized spacial score (nSPS) is 13.5. The minimum atomic E-state index is -3.46. The third kappa shape index (κ3) is 9.43. The fourth-order valence-corrected chi connectivity index (χ4v) is 13.5. The zero-order chi connectivity index (χ0) is 31.5. The summed E-state index contributed by atoms with van der Waals surface area (Å²) in [5.74, 6) is 0. The fraction of sp³-hybridized carbons (Fsp3) is 0.579. The molecule has 7 heteroatoms. The lowest BCUT2D eigenvalue weighted by Gasteiger charge is -2.01. The van der Waals surface area contributed by atoms with Gasteiger partial charge in [0.15, 0.2) is 0 Å². The first kappa shape index (κ1) is 35.1. The van der Waals surface area contributed by atoms with Crippen molar-refractivity contribution in [2.75, 3.05) is 0 Å². The molecule has 0 N–H and O–H groups in total. The molecule has 1 aliphatic heterocycles. The molecule has 0 fully saturated rings. The topological polar surface area (TPSA) is 34.1 Å². The van der Waals surface area contributed by atoms with Crippen molar-refractivity contribution in [3.8, 4) is 29.3 Å². The number of hydrogen-bond donors (Lipinski definition) is 0. The molecule has 4 aromatic heterocycles. The van der Waals surface area contributed by atoms with Gasteiger partial charge in [-0.15, -0.1) is 45.3 Å². The largest absolute Gasteiger partial charge is 0.218 e. The fourth-order valence-electron chi connectivity index (χ4n) is 6.33. The molecule has 5 heterocycles. The summed E-state index contributed by atoms with van der Waals surface area (Å²) in [5, 5.41) is 0. The van der Waals surface area contributed by atoms with Crippen molar-refractivity contribution in [2.24, 2.45) is 0 Å². The second-order valence-electron chi connectivity index (χ2n) is 12.8. The molecular formula is C38H52O2S5. The SMILES string of the molecule is CCCCCCCCCCCc1ccc(-c2cc3c(s2)-c2sc(-c4ccc(CCCCCCCCCCC)s4)cc2S3(=O)=O)s1. The second-order valence-corrected chi connectivity index (χ2v) is 19.1. The second kappa shape index (κ2) is 17.8. The highest BCUT2D eigenvalue weighted by molar-refractivity contribution is 7.92. The summed E-state index contributed by atoms with van der Waals surface area (Å²) in [6.45, 7) is 4.55. The lowest BCUT2D eigenvalue weighted by molar-refractivity contribution is 0.565. The molecule has 0 amide bonds. The van der Waals surface area contributed by atoms with E-state index in [1.54, 1.807) is 22.7 Å². The quantitative estimate of drug-likeness (QED) is 0.0674. The van der Waals surface area contributed by atoms with Crippen LogP contribution in [-0.4, -0.2) is 8.42 Å². The van der Waals surface area contributed by atoms with Gasteiger partial charge in [0.25, 0.3) is 0 Å². The highest BCUT2D eigenvalue weighted by atomic mass is 32.2. The van der Waals surface area contributed by atoms with E-state index in [0.717, 1.165) is 32.4 Å². The number of sulfone groups is 1. The van der Waals surface area contributed by atoms with E-state index < -0.39 is 9.84 Å². The van der Waals surface area contributed by atoms with Crippen LogP contribution in [0, 0.1) is 0 Å². The maximum atomic E-state index is 13.6. The van der Waals surface area contributed by atoms with Crippen molar-refractivity contribution >= 4 is 55.2 Å². The van der Waals surface area contributed by atoms with Crippen LogP contribution in [-0.2, 0) is 22.7 Å². The van der Waals surface area contributed by atoms with Crippen molar-refractivity contribution in [1.29, 1.82) is 0 Å². The van der Waals surface area contributed by atoms with Crippen molar-refractivity contribution in [1.82, 2.24) is 0 Å². The van der Waals surface area contributed by atoms with Crippen LogP contribution >= 0.6 is 45.3 Å². The molecule has 45 heavy (non-hydrogen) atoms. The zero-order valence-corrected chi connectivity index (χ0v) is 31.5. The summed E-state index contributed by atoms with van der Waals surface area (Å²) < 4.78 is 27.2. The van der Waals surface area contributed by atoms with Gasteiger partial charge in [-0.05, 0) is 62.1 Å². The monoisotopic (exact) mass is 700 g/mol. The number of hydrogen-bond acceptors (Lipinski definition) is 6. The van der Waals surface area contributed by atoms with Gasteiger partial charge in [0.2, 0.25) is 9.84 Å². The Morgan fingerprint density at radius 2 is 0.800 bits per heavy atom. The van der Waals surface area contributed by atoms with Gasteiger partial charge in [0, 0.05) is 29.3 Å². The van der Waals surface area contributed by atoms with E-state index >= 15 is 0 Å². The van der Waals surface area contributed by atoms with Crippen LogP contribution in [0.2, 0.25) is 0 Å². The predicted octanol–water partition coefficient (Wildman–Crippen LogP) is 14.2. The number of aryl methyl sites for hydroxylation is 2. The van der Waals surface area contributed by atoms with E-state index in [-0.39, 0.29) is 0 Å². The Bertz CT molecular complexity index is 1450. The highest BCUT2D eigenvalue weighted by Crippen LogP contribution is 2.55.